The molecule has 0 saturated carbocycles. The molecule has 0 saturated heterocycles. The predicted octanol–water partition coefficient (Wildman–Crippen LogP) is 5.04. The second kappa shape index (κ2) is 6.65. The zero-order valence-corrected chi connectivity index (χ0v) is 13.8. The Balaban J connectivity index is 2.37. The van der Waals surface area contributed by atoms with Crippen molar-refractivity contribution >= 4 is 6.29 Å². The summed E-state index contributed by atoms with van der Waals surface area (Å²) in [6.45, 7) is 8.13. The summed E-state index contributed by atoms with van der Waals surface area (Å²) in [6.07, 6.45) is 0.871. The Morgan fingerprint density at radius 3 is 2.27 bits per heavy atom. The molecule has 3 heteroatoms. The van der Waals surface area contributed by atoms with Gasteiger partial charge < -0.3 is 9.47 Å². The lowest BCUT2D eigenvalue weighted by Gasteiger charge is -2.16. The highest BCUT2D eigenvalue weighted by Crippen LogP contribution is 2.34. The molecular weight excluding hydrogens is 276 g/mol. The van der Waals surface area contributed by atoms with Crippen LogP contribution in [0.2, 0.25) is 0 Å². The van der Waals surface area contributed by atoms with E-state index in [0.29, 0.717) is 11.5 Å². The van der Waals surface area contributed by atoms with Crippen molar-refractivity contribution in [3.8, 4) is 17.2 Å². The van der Waals surface area contributed by atoms with Gasteiger partial charge in [-0.1, -0.05) is 13.8 Å². The highest BCUT2D eigenvalue weighted by atomic mass is 16.5. The largest absolute Gasteiger partial charge is 0.496 e. The lowest BCUT2D eigenvalue weighted by Crippen LogP contribution is -1.97. The minimum absolute atomic E-state index is 0.346. The first-order valence-electron chi connectivity index (χ1n) is 7.39. The Morgan fingerprint density at radius 1 is 1.00 bits per heavy atom. The van der Waals surface area contributed by atoms with Gasteiger partial charge in [-0.3, -0.25) is 4.79 Å². The molecule has 0 aliphatic carbocycles. The summed E-state index contributed by atoms with van der Waals surface area (Å²) in [6, 6.07) is 9.45. The monoisotopic (exact) mass is 298 g/mol. The molecule has 3 nitrogen and oxygen atoms in total. The molecule has 0 unspecified atom stereocenters. The topological polar surface area (TPSA) is 35.5 Å². The zero-order valence-electron chi connectivity index (χ0n) is 13.8. The van der Waals surface area contributed by atoms with Gasteiger partial charge in [-0.2, -0.15) is 0 Å². The molecule has 0 heterocycles. The van der Waals surface area contributed by atoms with Crippen LogP contribution in [0.3, 0.4) is 0 Å². The number of carbonyl (C=O) groups is 1. The minimum atomic E-state index is 0.346. The molecule has 22 heavy (non-hydrogen) atoms. The first kappa shape index (κ1) is 16.1. The Morgan fingerprint density at radius 2 is 1.68 bits per heavy atom. The number of benzene rings is 2. The van der Waals surface area contributed by atoms with Crippen LogP contribution >= 0.6 is 0 Å². The molecule has 2 aromatic carbocycles. The van der Waals surface area contributed by atoms with E-state index in [9.17, 15) is 4.79 Å². The summed E-state index contributed by atoms with van der Waals surface area (Å²) >= 11 is 0. The molecule has 2 rings (SSSR count). The molecule has 0 N–H and O–H groups in total. The van der Waals surface area contributed by atoms with Crippen LogP contribution in [-0.4, -0.2) is 13.4 Å². The molecule has 0 fully saturated rings. The van der Waals surface area contributed by atoms with Crippen molar-refractivity contribution in [1.82, 2.24) is 0 Å². The van der Waals surface area contributed by atoms with E-state index < -0.39 is 0 Å². The molecule has 0 aliphatic rings. The third-order valence-electron chi connectivity index (χ3n) is 3.96. The fourth-order valence-electron chi connectivity index (χ4n) is 2.41. The smallest absolute Gasteiger partial charge is 0.150 e. The van der Waals surface area contributed by atoms with E-state index in [0.717, 1.165) is 40.2 Å². The normalized spacial score (nSPS) is 10.6. The number of aldehydes is 1. The van der Waals surface area contributed by atoms with Gasteiger partial charge in [-0.05, 0) is 61.2 Å². The first-order chi connectivity index (χ1) is 10.5. The fraction of sp³-hybridized carbons (Fsp3) is 0.316. The van der Waals surface area contributed by atoms with E-state index in [-0.39, 0.29) is 0 Å². The highest BCUT2D eigenvalue weighted by molar-refractivity contribution is 5.78. The first-order valence-corrected chi connectivity index (χ1v) is 7.39. The summed E-state index contributed by atoms with van der Waals surface area (Å²) in [4.78, 5) is 11.0. The van der Waals surface area contributed by atoms with Crippen molar-refractivity contribution in [3.63, 3.8) is 0 Å². The lowest BCUT2D eigenvalue weighted by atomic mass is 10.0. The standard InChI is InChI=1S/C19H22O3/c1-12(2)17-10-16(7-9-19(17)21-5)22-18-8-6-15(11-20)13(3)14(18)4/h6-12H,1-5H3. The van der Waals surface area contributed by atoms with Gasteiger partial charge in [0.2, 0.25) is 0 Å². The molecule has 0 amide bonds. The van der Waals surface area contributed by atoms with Crippen LogP contribution < -0.4 is 9.47 Å². The van der Waals surface area contributed by atoms with E-state index in [2.05, 4.69) is 13.8 Å². The number of ether oxygens (including phenoxy) is 2. The van der Waals surface area contributed by atoms with Gasteiger partial charge >= 0.3 is 0 Å². The highest BCUT2D eigenvalue weighted by Gasteiger charge is 2.11. The zero-order chi connectivity index (χ0) is 16.3. The van der Waals surface area contributed by atoms with Gasteiger partial charge in [0, 0.05) is 11.1 Å². The average Bonchev–Trinajstić information content (AvgIpc) is 2.52. The second-order valence-corrected chi connectivity index (χ2v) is 5.68. The van der Waals surface area contributed by atoms with Crippen LogP contribution in [0, 0.1) is 13.8 Å². The molecule has 116 valence electrons. The van der Waals surface area contributed by atoms with Gasteiger partial charge in [0.25, 0.3) is 0 Å². The quantitative estimate of drug-likeness (QED) is 0.725. The van der Waals surface area contributed by atoms with Crippen LogP contribution in [-0.2, 0) is 0 Å². The maximum Gasteiger partial charge on any atom is 0.150 e. The number of rotatable bonds is 5. The van der Waals surface area contributed by atoms with Crippen molar-refractivity contribution in [2.24, 2.45) is 0 Å². The summed E-state index contributed by atoms with van der Waals surface area (Å²) in [5.74, 6) is 2.75. The maximum absolute atomic E-state index is 11.0. The van der Waals surface area contributed by atoms with Crippen LogP contribution in [0.25, 0.3) is 0 Å². The van der Waals surface area contributed by atoms with E-state index in [1.807, 2.05) is 38.1 Å². The fourth-order valence-corrected chi connectivity index (χ4v) is 2.41. The van der Waals surface area contributed by atoms with Gasteiger partial charge in [0.1, 0.15) is 23.5 Å². The summed E-state index contributed by atoms with van der Waals surface area (Å²) in [7, 11) is 1.67. The Labute approximate surface area is 131 Å². The van der Waals surface area contributed by atoms with Gasteiger partial charge in [0.15, 0.2) is 0 Å². The number of hydrogen-bond acceptors (Lipinski definition) is 3. The van der Waals surface area contributed by atoms with Crippen LogP contribution in [0.5, 0.6) is 17.2 Å². The molecule has 0 aromatic heterocycles. The molecule has 0 radical (unpaired) electrons. The molecule has 2 aromatic rings. The van der Waals surface area contributed by atoms with Gasteiger partial charge in [-0.25, -0.2) is 0 Å². The molecule has 0 spiro atoms. The average molecular weight is 298 g/mol. The van der Waals surface area contributed by atoms with Gasteiger partial charge in [-0.15, -0.1) is 0 Å². The maximum atomic E-state index is 11.0. The lowest BCUT2D eigenvalue weighted by molar-refractivity contribution is 0.112. The summed E-state index contributed by atoms with van der Waals surface area (Å²) in [5, 5.41) is 0. The number of methoxy groups -OCH3 is 1. The molecule has 0 aliphatic heterocycles. The van der Waals surface area contributed by atoms with E-state index in [1.165, 1.54) is 0 Å². The second-order valence-electron chi connectivity index (χ2n) is 5.68. The van der Waals surface area contributed by atoms with Gasteiger partial charge in [0.05, 0.1) is 7.11 Å². The molecule has 0 atom stereocenters. The van der Waals surface area contributed by atoms with Crippen molar-refractivity contribution < 1.29 is 14.3 Å². The molecular formula is C19H22O3. The van der Waals surface area contributed by atoms with Crippen molar-refractivity contribution in [3.05, 3.63) is 52.6 Å². The van der Waals surface area contributed by atoms with Crippen LogP contribution in [0.1, 0.15) is 46.8 Å². The summed E-state index contributed by atoms with van der Waals surface area (Å²) < 4.78 is 11.4. The third-order valence-corrected chi connectivity index (χ3v) is 3.96. The SMILES string of the molecule is COc1ccc(Oc2ccc(C=O)c(C)c2C)cc1C(C)C. The third kappa shape index (κ3) is 3.14. The number of carbonyl (C=O) groups excluding carboxylic acids is 1. The predicted molar refractivity (Wildman–Crippen MR) is 88.5 cm³/mol. The summed E-state index contributed by atoms with van der Waals surface area (Å²) in [5.41, 5.74) is 3.73. The Bertz CT molecular complexity index is 687. The van der Waals surface area contributed by atoms with Crippen molar-refractivity contribution in [2.75, 3.05) is 7.11 Å². The van der Waals surface area contributed by atoms with Crippen LogP contribution in [0.4, 0.5) is 0 Å². The van der Waals surface area contributed by atoms with Crippen molar-refractivity contribution in [2.45, 2.75) is 33.6 Å². The minimum Gasteiger partial charge on any atom is -0.496 e. The molecule has 0 bridgehead atoms. The van der Waals surface area contributed by atoms with E-state index in [1.54, 1.807) is 13.2 Å². The Hall–Kier alpha value is -2.29. The Kier molecular flexibility index (Phi) is 4.86. The van der Waals surface area contributed by atoms with E-state index in [4.69, 9.17) is 9.47 Å². The van der Waals surface area contributed by atoms with E-state index >= 15 is 0 Å². The van der Waals surface area contributed by atoms with Crippen molar-refractivity contribution in [1.29, 1.82) is 0 Å². The van der Waals surface area contributed by atoms with Crippen LogP contribution in [0.15, 0.2) is 30.3 Å². The number of hydrogen-bond donors (Lipinski definition) is 0.